The van der Waals surface area contributed by atoms with Crippen molar-refractivity contribution in [2.45, 2.75) is 44.2 Å². The molecule has 0 atom stereocenters. The fourth-order valence-corrected chi connectivity index (χ4v) is 5.25. The molecular formula is C23H32ClN5O3. The van der Waals surface area contributed by atoms with Gasteiger partial charge in [0, 0.05) is 43.7 Å². The Kier molecular flexibility index (Phi) is 7.02. The van der Waals surface area contributed by atoms with Crippen LogP contribution >= 0.6 is 11.6 Å². The minimum absolute atomic E-state index is 0.0406. The zero-order chi connectivity index (χ0) is 22.8. The lowest BCUT2D eigenvalue weighted by Gasteiger charge is -2.43. The van der Waals surface area contributed by atoms with E-state index in [9.17, 15) is 14.4 Å². The van der Waals surface area contributed by atoms with Gasteiger partial charge in [0.25, 0.3) is 5.91 Å². The van der Waals surface area contributed by atoms with Crippen LogP contribution in [0, 0.1) is 0 Å². The summed E-state index contributed by atoms with van der Waals surface area (Å²) < 4.78 is 0. The van der Waals surface area contributed by atoms with Crippen molar-refractivity contribution in [3.63, 3.8) is 0 Å². The number of urea groups is 1. The van der Waals surface area contributed by atoms with Crippen LogP contribution in [0.15, 0.2) is 18.2 Å². The highest BCUT2D eigenvalue weighted by molar-refractivity contribution is 6.34. The molecular weight excluding hydrogens is 430 g/mol. The van der Waals surface area contributed by atoms with Crippen LogP contribution in [0.1, 0.15) is 42.5 Å². The summed E-state index contributed by atoms with van der Waals surface area (Å²) >= 11 is 6.32. The van der Waals surface area contributed by atoms with Crippen LogP contribution in [0.5, 0.6) is 0 Å². The molecule has 4 rings (SSSR count). The third-order valence-electron chi connectivity index (χ3n) is 7.04. The Morgan fingerprint density at radius 2 is 1.72 bits per heavy atom. The third-order valence-corrected chi connectivity index (χ3v) is 7.35. The maximum Gasteiger partial charge on any atom is 0.328 e. The van der Waals surface area contributed by atoms with E-state index in [1.807, 2.05) is 4.90 Å². The second kappa shape index (κ2) is 9.77. The number of carbonyl (C=O) groups is 3. The zero-order valence-corrected chi connectivity index (χ0v) is 19.6. The average Bonchev–Trinajstić information content (AvgIpc) is 2.79. The lowest BCUT2D eigenvalue weighted by atomic mass is 9.97. The Hall–Kier alpha value is -2.16. The molecule has 3 aliphatic rings. The van der Waals surface area contributed by atoms with Crippen molar-refractivity contribution < 1.29 is 14.4 Å². The minimum atomic E-state index is -0.508. The van der Waals surface area contributed by atoms with Gasteiger partial charge in [-0.3, -0.25) is 19.8 Å². The molecule has 8 nitrogen and oxygen atoms in total. The van der Waals surface area contributed by atoms with Crippen molar-refractivity contribution >= 4 is 35.1 Å². The Morgan fingerprint density at radius 3 is 2.34 bits per heavy atom. The fraction of sp³-hybridized carbons (Fsp3) is 0.609. The number of imide groups is 1. The second-order valence-corrected chi connectivity index (χ2v) is 9.58. The first kappa shape index (κ1) is 23.0. The van der Waals surface area contributed by atoms with Crippen LogP contribution in [0.2, 0.25) is 5.02 Å². The quantitative estimate of drug-likeness (QED) is 0.745. The largest absolute Gasteiger partial charge is 0.339 e. The van der Waals surface area contributed by atoms with Crippen LogP contribution in [-0.4, -0.2) is 91.4 Å². The molecule has 0 radical (unpaired) electrons. The maximum absolute atomic E-state index is 13.2. The monoisotopic (exact) mass is 461 g/mol. The van der Waals surface area contributed by atoms with Gasteiger partial charge in [0.2, 0.25) is 5.91 Å². The lowest BCUT2D eigenvalue weighted by molar-refractivity contribution is -0.120. The Balaban J connectivity index is 1.36. The number of hydrogen-bond donors (Lipinski definition) is 1. The summed E-state index contributed by atoms with van der Waals surface area (Å²) in [6.07, 6.45) is 4.58. The summed E-state index contributed by atoms with van der Waals surface area (Å²) in [5.74, 6) is -0.343. The number of nitrogens with one attached hydrogen (secondary N) is 1. The Morgan fingerprint density at radius 1 is 1.03 bits per heavy atom. The first-order chi connectivity index (χ1) is 15.3. The summed E-state index contributed by atoms with van der Waals surface area (Å²) in [7, 11) is 4.31. The van der Waals surface area contributed by atoms with Crippen LogP contribution in [0.4, 0.5) is 10.5 Å². The number of rotatable bonds is 4. The predicted molar refractivity (Wildman–Crippen MR) is 124 cm³/mol. The molecule has 1 aromatic rings. The summed E-state index contributed by atoms with van der Waals surface area (Å²) in [6, 6.07) is 5.73. The normalized spacial score (nSPS) is 21.9. The number of likely N-dealkylation sites (tertiary alicyclic amines) is 2. The highest BCUT2D eigenvalue weighted by Gasteiger charge is 2.31. The van der Waals surface area contributed by atoms with Gasteiger partial charge in [-0.05, 0) is 71.1 Å². The van der Waals surface area contributed by atoms with Gasteiger partial charge in [0.1, 0.15) is 0 Å². The van der Waals surface area contributed by atoms with E-state index < -0.39 is 6.03 Å². The molecule has 0 unspecified atom stereocenters. The van der Waals surface area contributed by atoms with Gasteiger partial charge in [-0.25, -0.2) is 4.79 Å². The van der Waals surface area contributed by atoms with Gasteiger partial charge in [0.05, 0.1) is 10.7 Å². The van der Waals surface area contributed by atoms with E-state index in [2.05, 4.69) is 29.2 Å². The van der Waals surface area contributed by atoms with Crippen LogP contribution in [-0.2, 0) is 4.79 Å². The summed E-state index contributed by atoms with van der Waals surface area (Å²) in [5, 5.41) is 2.68. The number of anilines is 1. The van der Waals surface area contributed by atoms with Crippen LogP contribution in [0.25, 0.3) is 0 Å². The van der Waals surface area contributed by atoms with Crippen molar-refractivity contribution in [1.29, 1.82) is 0 Å². The molecule has 3 heterocycles. The van der Waals surface area contributed by atoms with Crippen molar-refractivity contribution in [3.8, 4) is 0 Å². The minimum Gasteiger partial charge on any atom is -0.339 e. The van der Waals surface area contributed by atoms with Gasteiger partial charge >= 0.3 is 6.03 Å². The molecule has 174 valence electrons. The third kappa shape index (κ3) is 4.92. The Bertz CT molecular complexity index is 876. The number of halogens is 1. The molecule has 9 heteroatoms. The van der Waals surface area contributed by atoms with Gasteiger partial charge in [-0.15, -0.1) is 0 Å². The number of piperidine rings is 2. The topological polar surface area (TPSA) is 76.2 Å². The van der Waals surface area contributed by atoms with Crippen LogP contribution in [0.3, 0.4) is 0 Å². The molecule has 1 N–H and O–H groups in total. The van der Waals surface area contributed by atoms with Gasteiger partial charge in [0.15, 0.2) is 0 Å². The van der Waals surface area contributed by atoms with Gasteiger partial charge in [-0.1, -0.05) is 11.6 Å². The smallest absolute Gasteiger partial charge is 0.328 e. The molecule has 0 spiro atoms. The lowest BCUT2D eigenvalue weighted by Crippen LogP contribution is -2.51. The molecule has 0 aliphatic carbocycles. The first-order valence-electron chi connectivity index (χ1n) is 11.4. The SMILES string of the molecule is CN(C)C1CCN(C2CCN(C(=O)c3ccc(Cl)c(N4CCC(=O)NC4=O)c3)CC2)CC1. The average molecular weight is 462 g/mol. The molecule has 32 heavy (non-hydrogen) atoms. The number of nitrogens with zero attached hydrogens (tertiary/aromatic N) is 4. The molecule has 3 fully saturated rings. The number of hydrogen-bond acceptors (Lipinski definition) is 5. The zero-order valence-electron chi connectivity index (χ0n) is 18.8. The molecule has 0 aromatic heterocycles. The molecule has 1 aromatic carbocycles. The maximum atomic E-state index is 13.2. The summed E-state index contributed by atoms with van der Waals surface area (Å²) in [4.78, 5) is 45.1. The van der Waals surface area contributed by atoms with Crippen molar-refractivity contribution in [1.82, 2.24) is 20.0 Å². The molecule has 4 amide bonds. The van der Waals surface area contributed by atoms with Gasteiger partial charge < -0.3 is 14.7 Å². The van der Waals surface area contributed by atoms with Crippen molar-refractivity contribution in [2.24, 2.45) is 0 Å². The first-order valence-corrected chi connectivity index (χ1v) is 11.8. The van der Waals surface area contributed by atoms with E-state index >= 15 is 0 Å². The highest BCUT2D eigenvalue weighted by Crippen LogP contribution is 2.30. The van der Waals surface area contributed by atoms with E-state index in [0.717, 1.165) is 39.0 Å². The number of benzene rings is 1. The van der Waals surface area contributed by atoms with E-state index in [4.69, 9.17) is 11.6 Å². The van der Waals surface area contributed by atoms with E-state index in [1.165, 1.54) is 17.7 Å². The highest BCUT2D eigenvalue weighted by atomic mass is 35.5. The predicted octanol–water partition coefficient (Wildman–Crippen LogP) is 2.42. The van der Waals surface area contributed by atoms with Crippen molar-refractivity contribution in [3.05, 3.63) is 28.8 Å². The number of amides is 4. The summed E-state index contributed by atoms with van der Waals surface area (Å²) in [6.45, 7) is 3.96. The Labute approximate surface area is 194 Å². The van der Waals surface area contributed by atoms with E-state index in [-0.39, 0.29) is 24.8 Å². The molecule has 3 aliphatic heterocycles. The number of carbonyl (C=O) groups excluding carboxylic acids is 3. The van der Waals surface area contributed by atoms with Gasteiger partial charge in [-0.2, -0.15) is 0 Å². The van der Waals surface area contributed by atoms with Crippen LogP contribution < -0.4 is 10.2 Å². The second-order valence-electron chi connectivity index (χ2n) is 9.18. The fourth-order valence-electron chi connectivity index (χ4n) is 5.03. The standard InChI is InChI=1S/C23H32ClN5O3/c1-26(2)17-5-10-27(11-6-17)18-7-12-28(13-8-18)22(31)16-3-4-19(24)20(15-16)29-14-9-21(30)25-23(29)32/h3-4,15,17-18H,5-14H2,1-2H3,(H,25,30,32). The summed E-state index contributed by atoms with van der Waals surface area (Å²) in [5.41, 5.74) is 0.973. The molecule has 0 saturated carbocycles. The molecule has 3 saturated heterocycles. The van der Waals surface area contributed by atoms with Crippen molar-refractivity contribution in [2.75, 3.05) is 51.7 Å². The van der Waals surface area contributed by atoms with E-state index in [1.54, 1.807) is 18.2 Å². The van der Waals surface area contributed by atoms with E-state index in [0.29, 0.717) is 28.4 Å². The molecule has 0 bridgehead atoms.